The number of rotatable bonds is 4. The minimum atomic E-state index is -0.336. The number of hydrogen-bond donors (Lipinski definition) is 1. The Bertz CT molecular complexity index is 1090. The molecule has 178 valence electrons. The van der Waals surface area contributed by atoms with Crippen LogP contribution in [0, 0.1) is 18.8 Å². The smallest absolute Gasteiger partial charge is 0.228 e. The maximum Gasteiger partial charge on any atom is 0.228 e. The third-order valence-electron chi connectivity index (χ3n) is 6.81. The first-order valence-electron chi connectivity index (χ1n) is 11.8. The van der Waals surface area contributed by atoms with Gasteiger partial charge >= 0.3 is 0 Å². The van der Waals surface area contributed by atoms with Crippen molar-refractivity contribution < 1.29 is 23.9 Å². The summed E-state index contributed by atoms with van der Waals surface area (Å²) in [5, 5.41) is 2.97. The lowest BCUT2D eigenvalue weighted by molar-refractivity contribution is -0.138. The Labute approximate surface area is 198 Å². The molecule has 8 nitrogen and oxygen atoms in total. The second-order valence-electron chi connectivity index (χ2n) is 9.19. The first-order chi connectivity index (χ1) is 16.5. The van der Waals surface area contributed by atoms with E-state index >= 15 is 0 Å². The molecule has 2 saturated heterocycles. The summed E-state index contributed by atoms with van der Waals surface area (Å²) >= 11 is 0. The quantitative estimate of drug-likeness (QED) is 0.753. The number of nitrogens with zero attached hydrogens (tertiary/aromatic N) is 2. The maximum atomic E-state index is 13.1. The molecule has 2 aromatic carbocycles. The average molecular weight is 464 g/mol. The van der Waals surface area contributed by atoms with E-state index in [4.69, 9.17) is 9.47 Å². The minimum Gasteiger partial charge on any atom is -0.486 e. The average Bonchev–Trinajstić information content (AvgIpc) is 3.25. The van der Waals surface area contributed by atoms with Gasteiger partial charge in [-0.1, -0.05) is 17.7 Å². The van der Waals surface area contributed by atoms with Crippen LogP contribution in [0.1, 0.15) is 24.8 Å². The fraction of sp³-hybridized carbons (Fsp3) is 0.423. The first-order valence-corrected chi connectivity index (χ1v) is 11.8. The second kappa shape index (κ2) is 9.37. The van der Waals surface area contributed by atoms with E-state index in [0.29, 0.717) is 62.9 Å². The van der Waals surface area contributed by atoms with E-state index in [2.05, 4.69) is 5.32 Å². The Kier molecular flexibility index (Phi) is 6.13. The lowest BCUT2D eigenvalue weighted by atomic mass is 9.94. The van der Waals surface area contributed by atoms with E-state index < -0.39 is 0 Å². The summed E-state index contributed by atoms with van der Waals surface area (Å²) in [6.45, 7) is 4.47. The van der Waals surface area contributed by atoms with Gasteiger partial charge in [0.25, 0.3) is 0 Å². The van der Waals surface area contributed by atoms with Crippen molar-refractivity contribution in [3.05, 3.63) is 48.0 Å². The van der Waals surface area contributed by atoms with Crippen LogP contribution < -0.4 is 19.7 Å². The summed E-state index contributed by atoms with van der Waals surface area (Å²) in [6, 6.07) is 13.2. The highest BCUT2D eigenvalue weighted by Crippen LogP contribution is 2.33. The molecule has 3 aliphatic heterocycles. The Morgan fingerprint density at radius 3 is 2.38 bits per heavy atom. The fourth-order valence-electron chi connectivity index (χ4n) is 4.83. The zero-order valence-electron chi connectivity index (χ0n) is 19.3. The van der Waals surface area contributed by atoms with E-state index in [1.807, 2.05) is 36.1 Å². The molecule has 2 fully saturated rings. The number of aryl methyl sites for hydroxylation is 1. The van der Waals surface area contributed by atoms with Gasteiger partial charge in [-0.25, -0.2) is 0 Å². The summed E-state index contributed by atoms with van der Waals surface area (Å²) in [4.78, 5) is 42.0. The number of amides is 3. The van der Waals surface area contributed by atoms with Crippen LogP contribution in [0.15, 0.2) is 42.5 Å². The topological polar surface area (TPSA) is 88.2 Å². The van der Waals surface area contributed by atoms with Crippen molar-refractivity contribution >= 4 is 29.1 Å². The Balaban J connectivity index is 1.14. The van der Waals surface area contributed by atoms with Gasteiger partial charge in [-0.3, -0.25) is 14.4 Å². The van der Waals surface area contributed by atoms with Gasteiger partial charge in [-0.15, -0.1) is 0 Å². The lowest BCUT2D eigenvalue weighted by Crippen LogP contribution is -2.44. The molecule has 0 aliphatic carbocycles. The van der Waals surface area contributed by atoms with Gasteiger partial charge in [-0.05, 0) is 44.0 Å². The highest BCUT2D eigenvalue weighted by Gasteiger charge is 2.38. The molecule has 1 N–H and O–H groups in total. The SMILES string of the molecule is Cc1ccc(N2C[C@H](C(=O)N3CCC(C(=O)Nc4ccc5c(c4)OCCO5)CC3)CC2=O)cc1. The number of likely N-dealkylation sites (tertiary alicyclic amines) is 1. The monoisotopic (exact) mass is 463 g/mol. The molecule has 34 heavy (non-hydrogen) atoms. The minimum absolute atomic E-state index is 0.00801. The van der Waals surface area contributed by atoms with Crippen LogP contribution in [0.2, 0.25) is 0 Å². The number of anilines is 2. The normalized spacial score (nSPS) is 20.4. The fourth-order valence-corrected chi connectivity index (χ4v) is 4.83. The number of carbonyl (C=O) groups is 3. The van der Waals surface area contributed by atoms with Crippen LogP contribution in [0.3, 0.4) is 0 Å². The molecule has 2 aromatic rings. The van der Waals surface area contributed by atoms with Gasteiger partial charge < -0.3 is 24.6 Å². The molecular weight excluding hydrogens is 434 g/mol. The number of nitrogens with one attached hydrogen (secondary N) is 1. The van der Waals surface area contributed by atoms with Crippen LogP contribution in [0.5, 0.6) is 11.5 Å². The molecule has 0 aromatic heterocycles. The molecule has 3 heterocycles. The van der Waals surface area contributed by atoms with Crippen LogP contribution >= 0.6 is 0 Å². The number of fused-ring (bicyclic) bond motifs is 1. The summed E-state index contributed by atoms with van der Waals surface area (Å²) in [5.41, 5.74) is 2.64. The second-order valence-corrected chi connectivity index (χ2v) is 9.19. The molecule has 1 atom stereocenters. The van der Waals surface area contributed by atoms with Crippen molar-refractivity contribution in [3.8, 4) is 11.5 Å². The zero-order chi connectivity index (χ0) is 23.7. The van der Waals surface area contributed by atoms with Gasteiger partial charge in [-0.2, -0.15) is 0 Å². The van der Waals surface area contributed by atoms with Crippen molar-refractivity contribution in [2.24, 2.45) is 11.8 Å². The molecule has 0 radical (unpaired) electrons. The molecule has 3 aliphatic rings. The largest absolute Gasteiger partial charge is 0.486 e. The van der Waals surface area contributed by atoms with E-state index in [-0.39, 0.29) is 36.0 Å². The predicted octanol–water partition coefficient (Wildman–Crippen LogP) is 3.00. The molecular formula is C26H29N3O5. The zero-order valence-corrected chi connectivity index (χ0v) is 19.3. The van der Waals surface area contributed by atoms with Crippen molar-refractivity contribution in [3.63, 3.8) is 0 Å². The van der Waals surface area contributed by atoms with Gasteiger partial charge in [0.2, 0.25) is 17.7 Å². The predicted molar refractivity (Wildman–Crippen MR) is 127 cm³/mol. The third kappa shape index (κ3) is 4.58. The maximum absolute atomic E-state index is 13.1. The van der Waals surface area contributed by atoms with E-state index in [1.54, 1.807) is 23.1 Å². The summed E-state index contributed by atoms with van der Waals surface area (Å²) in [5.74, 6) is 0.760. The third-order valence-corrected chi connectivity index (χ3v) is 6.81. The molecule has 0 saturated carbocycles. The number of benzene rings is 2. The molecule has 0 unspecified atom stereocenters. The highest BCUT2D eigenvalue weighted by atomic mass is 16.6. The van der Waals surface area contributed by atoms with Crippen LogP contribution in [0.25, 0.3) is 0 Å². The van der Waals surface area contributed by atoms with Gasteiger partial charge in [0.1, 0.15) is 13.2 Å². The van der Waals surface area contributed by atoms with Gasteiger partial charge in [0.15, 0.2) is 11.5 Å². The number of hydrogen-bond acceptors (Lipinski definition) is 5. The Morgan fingerprint density at radius 1 is 0.941 bits per heavy atom. The van der Waals surface area contributed by atoms with Crippen LogP contribution in [-0.2, 0) is 14.4 Å². The van der Waals surface area contributed by atoms with E-state index in [0.717, 1.165) is 11.3 Å². The molecule has 0 bridgehead atoms. The number of carbonyl (C=O) groups excluding carboxylic acids is 3. The Morgan fingerprint density at radius 2 is 1.65 bits per heavy atom. The van der Waals surface area contributed by atoms with Gasteiger partial charge in [0.05, 0.1) is 5.92 Å². The van der Waals surface area contributed by atoms with Crippen molar-refractivity contribution in [1.82, 2.24) is 4.90 Å². The van der Waals surface area contributed by atoms with E-state index in [9.17, 15) is 14.4 Å². The summed E-state index contributed by atoms with van der Waals surface area (Å²) in [7, 11) is 0. The summed E-state index contributed by atoms with van der Waals surface area (Å²) in [6.07, 6.45) is 1.44. The van der Waals surface area contributed by atoms with Crippen molar-refractivity contribution in [1.29, 1.82) is 0 Å². The summed E-state index contributed by atoms with van der Waals surface area (Å²) < 4.78 is 11.1. The molecule has 0 spiro atoms. The van der Waals surface area contributed by atoms with Crippen LogP contribution in [-0.4, -0.2) is 55.5 Å². The first kappa shape index (κ1) is 22.3. The molecule has 5 rings (SSSR count). The highest BCUT2D eigenvalue weighted by molar-refractivity contribution is 6.00. The van der Waals surface area contributed by atoms with Gasteiger partial charge in [0, 0.05) is 49.4 Å². The number of ether oxygens (including phenoxy) is 2. The van der Waals surface area contributed by atoms with E-state index in [1.165, 1.54) is 0 Å². The van der Waals surface area contributed by atoms with Crippen molar-refractivity contribution in [2.45, 2.75) is 26.2 Å². The Hall–Kier alpha value is -3.55. The van der Waals surface area contributed by atoms with Crippen molar-refractivity contribution in [2.75, 3.05) is 43.1 Å². The number of piperidine rings is 1. The van der Waals surface area contributed by atoms with Crippen LogP contribution in [0.4, 0.5) is 11.4 Å². The standard InChI is InChI=1S/C26H29N3O5/c1-17-2-5-21(6-3-17)29-16-19(14-24(29)30)26(32)28-10-8-18(9-11-28)25(31)27-20-4-7-22-23(15-20)34-13-12-33-22/h2-7,15,18-19H,8-14,16H2,1H3,(H,27,31)/t19-/m1/s1. The lowest BCUT2D eigenvalue weighted by Gasteiger charge is -2.33. The molecule has 3 amide bonds. The molecule has 8 heteroatoms.